The number of fused-ring (bicyclic) bond motifs is 1. The topological polar surface area (TPSA) is 57.7 Å². The lowest BCUT2D eigenvalue weighted by molar-refractivity contribution is 0.0943. The highest BCUT2D eigenvalue weighted by molar-refractivity contribution is 7.22. The fourth-order valence-corrected chi connectivity index (χ4v) is 4.74. The van der Waals surface area contributed by atoms with Crippen molar-refractivity contribution in [2.75, 3.05) is 51.3 Å². The number of amides is 1. The lowest BCUT2D eigenvalue weighted by Crippen LogP contribution is -2.48. The molecule has 1 aromatic heterocycles. The number of rotatable bonds is 6. The van der Waals surface area contributed by atoms with Crippen molar-refractivity contribution in [3.8, 4) is 5.75 Å². The summed E-state index contributed by atoms with van der Waals surface area (Å²) in [4.78, 5) is 21.4. The predicted octanol–water partition coefficient (Wildman–Crippen LogP) is 3.65. The molecule has 0 atom stereocenters. The summed E-state index contributed by atoms with van der Waals surface area (Å²) in [5.41, 5.74) is 0.872. The summed E-state index contributed by atoms with van der Waals surface area (Å²) >= 11 is 7.83. The summed E-state index contributed by atoms with van der Waals surface area (Å²) in [7, 11) is 1.60. The van der Waals surface area contributed by atoms with Crippen molar-refractivity contribution in [1.29, 1.82) is 0 Å². The van der Waals surface area contributed by atoms with Crippen molar-refractivity contribution in [3.63, 3.8) is 0 Å². The number of nitrogens with one attached hydrogen (secondary N) is 1. The first-order valence-electron chi connectivity index (χ1n) is 9.70. The van der Waals surface area contributed by atoms with Gasteiger partial charge in [-0.25, -0.2) is 9.37 Å². The van der Waals surface area contributed by atoms with E-state index >= 15 is 0 Å². The van der Waals surface area contributed by atoms with Crippen LogP contribution in [0.3, 0.4) is 0 Å². The van der Waals surface area contributed by atoms with Crippen molar-refractivity contribution < 1.29 is 13.9 Å². The van der Waals surface area contributed by atoms with Crippen LogP contribution in [0, 0.1) is 5.82 Å². The SMILES string of the molecule is COc1c(Cl)ccc2sc(N3CCN(CCNC(=O)c4ccccc4F)CC3)nc12. The minimum atomic E-state index is -0.502. The largest absolute Gasteiger partial charge is 0.493 e. The molecule has 1 aliphatic heterocycles. The number of aromatic nitrogens is 1. The number of halogens is 2. The van der Waals surface area contributed by atoms with Gasteiger partial charge in [0, 0.05) is 39.3 Å². The Morgan fingerprint density at radius 2 is 2.00 bits per heavy atom. The number of benzene rings is 2. The Kier molecular flexibility index (Phi) is 6.36. The molecule has 4 rings (SSSR count). The average molecular weight is 449 g/mol. The summed E-state index contributed by atoms with van der Waals surface area (Å²) in [6.07, 6.45) is 0. The third kappa shape index (κ3) is 4.35. The van der Waals surface area contributed by atoms with Crippen LogP contribution in [0.4, 0.5) is 9.52 Å². The molecular formula is C21H22ClFN4O2S. The van der Waals surface area contributed by atoms with Gasteiger partial charge >= 0.3 is 0 Å². The molecular weight excluding hydrogens is 427 g/mol. The van der Waals surface area contributed by atoms with E-state index in [0.29, 0.717) is 17.3 Å². The zero-order valence-corrected chi connectivity index (χ0v) is 18.1. The number of nitrogens with zero attached hydrogens (tertiary/aromatic N) is 3. The van der Waals surface area contributed by atoms with Gasteiger partial charge in [0.2, 0.25) is 0 Å². The van der Waals surface area contributed by atoms with Gasteiger partial charge in [-0.3, -0.25) is 9.69 Å². The number of thiazole rings is 1. The first-order valence-corrected chi connectivity index (χ1v) is 10.9. The quantitative estimate of drug-likeness (QED) is 0.623. The molecule has 0 radical (unpaired) electrons. The third-order valence-corrected chi connectivity index (χ3v) is 6.51. The van der Waals surface area contributed by atoms with Crippen LogP contribution in [-0.2, 0) is 0 Å². The van der Waals surface area contributed by atoms with Crippen molar-refractivity contribution >= 4 is 44.2 Å². The molecule has 0 saturated carbocycles. The van der Waals surface area contributed by atoms with E-state index in [2.05, 4.69) is 15.1 Å². The second-order valence-corrected chi connectivity index (χ2v) is 8.40. The lowest BCUT2D eigenvalue weighted by Gasteiger charge is -2.34. The summed E-state index contributed by atoms with van der Waals surface area (Å²) in [6, 6.07) is 9.81. The second kappa shape index (κ2) is 9.16. The molecule has 1 fully saturated rings. The van der Waals surface area contributed by atoms with Crippen LogP contribution in [0.15, 0.2) is 36.4 Å². The van der Waals surface area contributed by atoms with Crippen LogP contribution < -0.4 is 15.0 Å². The van der Waals surface area contributed by atoms with Gasteiger partial charge in [0.15, 0.2) is 10.9 Å². The Bertz CT molecular complexity index is 1050. The molecule has 0 aliphatic carbocycles. The maximum Gasteiger partial charge on any atom is 0.254 e. The number of methoxy groups -OCH3 is 1. The van der Waals surface area contributed by atoms with E-state index < -0.39 is 5.82 Å². The van der Waals surface area contributed by atoms with Crippen molar-refractivity contribution in [1.82, 2.24) is 15.2 Å². The normalized spacial score (nSPS) is 14.8. The summed E-state index contributed by atoms with van der Waals surface area (Å²) < 4.78 is 20.1. The molecule has 9 heteroatoms. The maximum atomic E-state index is 13.7. The molecule has 3 aromatic rings. The smallest absolute Gasteiger partial charge is 0.254 e. The average Bonchev–Trinajstić information content (AvgIpc) is 3.19. The Morgan fingerprint density at radius 1 is 1.23 bits per heavy atom. The molecule has 0 spiro atoms. The fourth-order valence-electron chi connectivity index (χ4n) is 3.49. The van der Waals surface area contributed by atoms with Crippen LogP contribution in [0.2, 0.25) is 5.02 Å². The highest BCUT2D eigenvalue weighted by atomic mass is 35.5. The number of piperazine rings is 1. The van der Waals surface area contributed by atoms with E-state index in [-0.39, 0.29) is 11.5 Å². The number of carbonyl (C=O) groups is 1. The van der Waals surface area contributed by atoms with E-state index in [0.717, 1.165) is 48.1 Å². The van der Waals surface area contributed by atoms with Gasteiger partial charge in [-0.2, -0.15) is 0 Å². The minimum absolute atomic E-state index is 0.0775. The van der Waals surface area contributed by atoms with Gasteiger partial charge in [-0.05, 0) is 24.3 Å². The van der Waals surface area contributed by atoms with E-state index in [4.69, 9.17) is 21.3 Å². The van der Waals surface area contributed by atoms with Crippen LogP contribution in [0.1, 0.15) is 10.4 Å². The predicted molar refractivity (Wildman–Crippen MR) is 119 cm³/mol. The number of ether oxygens (including phenoxy) is 1. The fraction of sp³-hybridized carbons (Fsp3) is 0.333. The van der Waals surface area contributed by atoms with Crippen molar-refractivity contribution in [2.45, 2.75) is 0 Å². The Hall–Kier alpha value is -2.42. The monoisotopic (exact) mass is 448 g/mol. The number of hydrogen-bond acceptors (Lipinski definition) is 6. The van der Waals surface area contributed by atoms with Crippen LogP contribution in [0.25, 0.3) is 10.2 Å². The van der Waals surface area contributed by atoms with Gasteiger partial charge in [0.05, 0.1) is 22.4 Å². The maximum absolute atomic E-state index is 13.7. The van der Waals surface area contributed by atoms with Crippen LogP contribution in [-0.4, -0.2) is 62.2 Å². The first kappa shape index (κ1) is 20.8. The number of carbonyl (C=O) groups excluding carboxylic acids is 1. The van der Waals surface area contributed by atoms with Gasteiger partial charge in [-0.1, -0.05) is 35.1 Å². The standard InChI is InChI=1S/C21H22ClFN4O2S/c1-29-19-15(22)6-7-17-18(19)25-21(30-17)27-12-10-26(11-13-27)9-8-24-20(28)14-4-2-3-5-16(14)23/h2-7H,8-13H2,1H3,(H,24,28). The molecule has 6 nitrogen and oxygen atoms in total. The van der Waals surface area contributed by atoms with Crippen molar-refractivity contribution in [3.05, 3.63) is 52.8 Å². The van der Waals surface area contributed by atoms with Crippen LogP contribution >= 0.6 is 22.9 Å². The zero-order chi connectivity index (χ0) is 21.1. The molecule has 158 valence electrons. The van der Waals surface area contributed by atoms with Gasteiger partial charge in [0.25, 0.3) is 5.91 Å². The third-order valence-electron chi connectivity index (χ3n) is 5.13. The van der Waals surface area contributed by atoms with E-state index in [1.54, 1.807) is 30.6 Å². The van der Waals surface area contributed by atoms with Crippen molar-refractivity contribution in [2.24, 2.45) is 0 Å². The highest BCUT2D eigenvalue weighted by Crippen LogP contribution is 2.38. The summed E-state index contributed by atoms with van der Waals surface area (Å²) in [5.74, 6) is -0.271. The first-order chi connectivity index (χ1) is 14.6. The Balaban J connectivity index is 1.30. The molecule has 2 aromatic carbocycles. The highest BCUT2D eigenvalue weighted by Gasteiger charge is 2.21. The second-order valence-electron chi connectivity index (χ2n) is 6.99. The Labute approximate surface area is 183 Å². The summed E-state index contributed by atoms with van der Waals surface area (Å²) in [6.45, 7) is 4.61. The molecule has 30 heavy (non-hydrogen) atoms. The molecule has 1 N–H and O–H groups in total. The number of hydrogen-bond donors (Lipinski definition) is 1. The van der Waals surface area contributed by atoms with Gasteiger partial charge in [-0.15, -0.1) is 0 Å². The van der Waals surface area contributed by atoms with Crippen LogP contribution in [0.5, 0.6) is 5.75 Å². The van der Waals surface area contributed by atoms with Gasteiger partial charge in [0.1, 0.15) is 11.3 Å². The molecule has 1 saturated heterocycles. The van der Waals surface area contributed by atoms with E-state index in [1.165, 1.54) is 12.1 Å². The molecule has 0 bridgehead atoms. The zero-order valence-electron chi connectivity index (χ0n) is 16.5. The van der Waals surface area contributed by atoms with E-state index in [9.17, 15) is 9.18 Å². The molecule has 1 amide bonds. The van der Waals surface area contributed by atoms with E-state index in [1.807, 2.05) is 12.1 Å². The molecule has 0 unspecified atom stereocenters. The van der Waals surface area contributed by atoms with Gasteiger partial charge < -0.3 is 15.0 Å². The summed E-state index contributed by atoms with van der Waals surface area (Å²) in [5, 5.41) is 4.31. The Morgan fingerprint density at radius 3 is 2.73 bits per heavy atom. The lowest BCUT2D eigenvalue weighted by atomic mass is 10.2. The minimum Gasteiger partial charge on any atom is -0.493 e. The molecule has 2 heterocycles. The molecule has 1 aliphatic rings. The number of anilines is 1.